The molecule has 0 aliphatic heterocycles. The summed E-state index contributed by atoms with van der Waals surface area (Å²) in [6.07, 6.45) is 8.82. The molecule has 0 spiro atoms. The van der Waals surface area contributed by atoms with Crippen LogP contribution in [0.4, 0.5) is 11.5 Å². The van der Waals surface area contributed by atoms with Crippen LogP contribution in [-0.2, 0) is 0 Å². The van der Waals surface area contributed by atoms with Crippen molar-refractivity contribution in [2.45, 2.75) is 53.4 Å². The molecule has 0 unspecified atom stereocenters. The summed E-state index contributed by atoms with van der Waals surface area (Å²) >= 11 is 0. The first kappa shape index (κ1) is 23.1. The molecule has 4 heterocycles. The second-order valence-electron chi connectivity index (χ2n) is 7.60. The van der Waals surface area contributed by atoms with Crippen molar-refractivity contribution in [3.8, 4) is 11.5 Å². The third-order valence-electron chi connectivity index (χ3n) is 4.60. The van der Waals surface area contributed by atoms with Gasteiger partial charge < -0.3 is 5.32 Å². The van der Waals surface area contributed by atoms with Crippen molar-refractivity contribution in [1.29, 1.82) is 0 Å². The lowest BCUT2D eigenvalue weighted by Crippen LogP contribution is -2.04. The normalized spacial score (nSPS) is 10.5. The van der Waals surface area contributed by atoms with Crippen molar-refractivity contribution >= 4 is 22.8 Å². The van der Waals surface area contributed by atoms with Crippen molar-refractivity contribution in [2.75, 3.05) is 5.32 Å². The van der Waals surface area contributed by atoms with Crippen LogP contribution in [0.2, 0.25) is 0 Å². The molecule has 7 nitrogen and oxygen atoms in total. The smallest absolute Gasteiger partial charge is 0.200 e. The molecular formula is C25H30N6O. The first-order valence-corrected chi connectivity index (χ1v) is 11.1. The molecule has 0 saturated carbocycles. The van der Waals surface area contributed by atoms with E-state index in [4.69, 9.17) is 4.98 Å². The Morgan fingerprint density at radius 3 is 2.50 bits per heavy atom. The molecule has 0 fully saturated rings. The summed E-state index contributed by atoms with van der Waals surface area (Å²) in [5, 5.41) is 7.93. The van der Waals surface area contributed by atoms with Gasteiger partial charge in [0.25, 0.3) is 0 Å². The Labute approximate surface area is 189 Å². The first-order chi connectivity index (χ1) is 15.5. The Hall–Kier alpha value is -3.61. The quantitative estimate of drug-likeness (QED) is 0.360. The maximum absolute atomic E-state index is 12.5. The van der Waals surface area contributed by atoms with Crippen molar-refractivity contribution in [3.05, 3.63) is 66.2 Å². The largest absolute Gasteiger partial charge is 0.338 e. The molecule has 32 heavy (non-hydrogen) atoms. The van der Waals surface area contributed by atoms with Crippen LogP contribution < -0.4 is 5.32 Å². The zero-order chi connectivity index (χ0) is 22.9. The summed E-state index contributed by atoms with van der Waals surface area (Å²) < 4.78 is 1.70. The Bertz CT molecular complexity index is 1170. The van der Waals surface area contributed by atoms with Gasteiger partial charge in [-0.15, -0.1) is 5.10 Å². The Balaban J connectivity index is 0.000000913. The highest BCUT2D eigenvalue weighted by molar-refractivity contribution is 5.98. The SMILES string of the molecule is CCC.CCCCC(=O)c1cc2c(Nc3ccncc3)nc(-c3cccc(C)n3)nn2c1. The predicted octanol–water partition coefficient (Wildman–Crippen LogP) is 6.03. The van der Waals surface area contributed by atoms with Gasteiger partial charge >= 0.3 is 0 Å². The molecule has 0 saturated heterocycles. The number of anilines is 2. The topological polar surface area (TPSA) is 85.1 Å². The lowest BCUT2D eigenvalue weighted by atomic mass is 10.1. The number of nitrogens with zero attached hydrogens (tertiary/aromatic N) is 5. The minimum atomic E-state index is 0.113. The number of unbranched alkanes of at least 4 members (excludes halogenated alkanes) is 1. The highest BCUT2D eigenvalue weighted by atomic mass is 16.1. The number of ketones is 1. The van der Waals surface area contributed by atoms with E-state index in [0.29, 0.717) is 29.3 Å². The summed E-state index contributed by atoms with van der Waals surface area (Å²) in [5.41, 5.74) is 3.79. The minimum Gasteiger partial charge on any atom is -0.338 e. The Morgan fingerprint density at radius 1 is 1.06 bits per heavy atom. The summed E-state index contributed by atoms with van der Waals surface area (Å²) in [6.45, 7) is 8.26. The van der Waals surface area contributed by atoms with E-state index in [1.807, 2.05) is 43.3 Å². The number of aromatic nitrogens is 5. The van der Waals surface area contributed by atoms with Gasteiger partial charge in [0.1, 0.15) is 11.2 Å². The second-order valence-corrected chi connectivity index (χ2v) is 7.60. The minimum absolute atomic E-state index is 0.113. The molecule has 0 bridgehead atoms. The average molecular weight is 431 g/mol. The number of pyridine rings is 2. The number of Topliss-reactive ketones (excluding diaryl/α,β-unsaturated/α-hetero) is 1. The summed E-state index contributed by atoms with van der Waals surface area (Å²) in [6, 6.07) is 11.3. The third kappa shape index (κ3) is 5.75. The van der Waals surface area contributed by atoms with Crippen LogP contribution in [0.15, 0.2) is 55.0 Å². The second kappa shape index (κ2) is 11.1. The van der Waals surface area contributed by atoms with Gasteiger partial charge in [-0.2, -0.15) is 0 Å². The molecule has 0 aromatic carbocycles. The van der Waals surface area contributed by atoms with Crippen LogP contribution in [0.25, 0.3) is 17.0 Å². The average Bonchev–Trinajstić information content (AvgIpc) is 3.23. The van der Waals surface area contributed by atoms with Crippen molar-refractivity contribution < 1.29 is 4.79 Å². The van der Waals surface area contributed by atoms with Crippen LogP contribution >= 0.6 is 0 Å². The Morgan fingerprint density at radius 2 is 1.81 bits per heavy atom. The Kier molecular flexibility index (Phi) is 8.02. The molecule has 0 amide bonds. The number of hydrogen-bond acceptors (Lipinski definition) is 6. The van der Waals surface area contributed by atoms with Gasteiger partial charge in [0.15, 0.2) is 11.6 Å². The van der Waals surface area contributed by atoms with Gasteiger partial charge in [0, 0.05) is 42.0 Å². The number of fused-ring (bicyclic) bond motifs is 1. The van der Waals surface area contributed by atoms with Crippen LogP contribution in [0.1, 0.15) is 62.5 Å². The van der Waals surface area contributed by atoms with E-state index in [1.54, 1.807) is 23.1 Å². The molecule has 0 radical (unpaired) electrons. The number of hydrogen-bond donors (Lipinski definition) is 1. The fourth-order valence-electron chi connectivity index (χ4n) is 3.07. The highest BCUT2D eigenvalue weighted by Crippen LogP contribution is 2.25. The molecule has 0 aliphatic rings. The number of carbonyl (C=O) groups excluding carboxylic acids is 1. The van der Waals surface area contributed by atoms with Gasteiger partial charge in [-0.3, -0.25) is 9.78 Å². The van der Waals surface area contributed by atoms with Gasteiger partial charge in [0.2, 0.25) is 5.82 Å². The predicted molar refractivity (Wildman–Crippen MR) is 128 cm³/mol. The summed E-state index contributed by atoms with van der Waals surface area (Å²) in [7, 11) is 0. The number of rotatable bonds is 7. The molecule has 0 aliphatic carbocycles. The maximum atomic E-state index is 12.5. The zero-order valence-corrected chi connectivity index (χ0v) is 19.2. The molecule has 4 rings (SSSR count). The van der Waals surface area contributed by atoms with Crippen molar-refractivity contribution in [3.63, 3.8) is 0 Å². The van der Waals surface area contributed by atoms with E-state index >= 15 is 0 Å². The molecular weight excluding hydrogens is 400 g/mol. The van der Waals surface area contributed by atoms with E-state index in [0.717, 1.165) is 29.7 Å². The third-order valence-corrected chi connectivity index (χ3v) is 4.60. The lowest BCUT2D eigenvalue weighted by molar-refractivity contribution is 0.0980. The zero-order valence-electron chi connectivity index (χ0n) is 19.2. The standard InChI is InChI=1S/C22H22N6O.C3H8/c1-3-4-8-20(29)16-13-19-22(25-17-9-11-23-12-10-17)26-21(27-28(19)14-16)18-7-5-6-15(2)24-18;1-3-2/h5-7,9-14H,3-4,8H2,1-2H3,(H,23,25,26,27);3H2,1-2H3. The molecule has 0 atom stereocenters. The molecule has 4 aromatic rings. The van der Waals surface area contributed by atoms with E-state index in [9.17, 15) is 4.79 Å². The number of nitrogens with one attached hydrogen (secondary N) is 1. The highest BCUT2D eigenvalue weighted by Gasteiger charge is 2.16. The molecule has 1 N–H and O–H groups in total. The maximum Gasteiger partial charge on any atom is 0.200 e. The van der Waals surface area contributed by atoms with Crippen molar-refractivity contribution in [2.24, 2.45) is 0 Å². The lowest BCUT2D eigenvalue weighted by Gasteiger charge is -2.09. The molecule has 7 heteroatoms. The van der Waals surface area contributed by atoms with E-state index in [2.05, 4.69) is 41.2 Å². The van der Waals surface area contributed by atoms with Gasteiger partial charge in [-0.05, 0) is 43.7 Å². The van der Waals surface area contributed by atoms with Crippen molar-refractivity contribution in [1.82, 2.24) is 24.6 Å². The monoisotopic (exact) mass is 430 g/mol. The van der Waals surface area contributed by atoms with E-state index in [-0.39, 0.29) is 5.78 Å². The van der Waals surface area contributed by atoms with Crippen LogP contribution in [0, 0.1) is 6.92 Å². The van der Waals surface area contributed by atoms with E-state index < -0.39 is 0 Å². The number of aryl methyl sites for hydroxylation is 1. The molecule has 166 valence electrons. The van der Waals surface area contributed by atoms with Gasteiger partial charge in [-0.25, -0.2) is 14.5 Å². The van der Waals surface area contributed by atoms with Crippen LogP contribution in [-0.4, -0.2) is 30.3 Å². The van der Waals surface area contributed by atoms with Crippen LogP contribution in [0.5, 0.6) is 0 Å². The fraction of sp³-hybridized carbons (Fsp3) is 0.320. The van der Waals surface area contributed by atoms with Gasteiger partial charge in [-0.1, -0.05) is 39.7 Å². The van der Waals surface area contributed by atoms with Crippen LogP contribution in [0.3, 0.4) is 0 Å². The fourth-order valence-corrected chi connectivity index (χ4v) is 3.07. The summed E-state index contributed by atoms with van der Waals surface area (Å²) in [4.78, 5) is 25.8. The first-order valence-electron chi connectivity index (χ1n) is 11.1. The number of carbonyl (C=O) groups is 1. The van der Waals surface area contributed by atoms with E-state index in [1.165, 1.54) is 6.42 Å². The van der Waals surface area contributed by atoms with Gasteiger partial charge in [0.05, 0.1) is 0 Å². The molecule has 4 aromatic heterocycles. The summed E-state index contributed by atoms with van der Waals surface area (Å²) in [5.74, 6) is 1.21.